The molecule has 0 fully saturated rings. The summed E-state index contributed by atoms with van der Waals surface area (Å²) in [7, 11) is 1.39. The zero-order valence-electron chi connectivity index (χ0n) is 16.6. The van der Waals surface area contributed by atoms with Crippen LogP contribution in [-0.2, 0) is 9.53 Å². The van der Waals surface area contributed by atoms with Gasteiger partial charge in [-0.2, -0.15) is 0 Å². The fourth-order valence-electron chi connectivity index (χ4n) is 3.49. The summed E-state index contributed by atoms with van der Waals surface area (Å²) in [6.45, 7) is 6.62. The highest BCUT2D eigenvalue weighted by molar-refractivity contribution is 6.07. The number of hydrogen-bond donors (Lipinski definition) is 2. The van der Waals surface area contributed by atoms with Crippen molar-refractivity contribution in [1.82, 2.24) is 0 Å². The fraction of sp³-hybridized carbons (Fsp3) is 0.318. The zero-order valence-corrected chi connectivity index (χ0v) is 16.6. The predicted molar refractivity (Wildman–Crippen MR) is 106 cm³/mol. The SMILES string of the molecule is COC(C)(O)Nc1ccc2c(c1)OC(C)(C)C(C(C)=O)=C2c1ccc(F)cc1. The summed E-state index contributed by atoms with van der Waals surface area (Å²) in [5.41, 5.74) is 2.39. The molecule has 2 aromatic rings. The standard InChI is InChI=1S/C22H24FNO4/c1-13(25)20-19(14-6-8-15(23)9-7-14)17-11-10-16(24-22(4,26)27-5)12-18(17)28-21(20,2)3/h6-12,24,26H,1-5H3. The first-order valence-electron chi connectivity index (χ1n) is 8.95. The van der Waals surface area contributed by atoms with E-state index in [0.717, 1.165) is 11.1 Å². The van der Waals surface area contributed by atoms with Crippen LogP contribution in [0, 0.1) is 5.82 Å². The minimum absolute atomic E-state index is 0.112. The third-order valence-electron chi connectivity index (χ3n) is 4.73. The highest BCUT2D eigenvalue weighted by atomic mass is 19.1. The number of ketones is 1. The largest absolute Gasteiger partial charge is 0.482 e. The Morgan fingerprint density at radius 1 is 1.21 bits per heavy atom. The molecule has 0 radical (unpaired) electrons. The third kappa shape index (κ3) is 3.79. The van der Waals surface area contributed by atoms with E-state index in [9.17, 15) is 14.3 Å². The van der Waals surface area contributed by atoms with Gasteiger partial charge in [-0.05, 0) is 50.6 Å². The van der Waals surface area contributed by atoms with Crippen molar-refractivity contribution in [3.63, 3.8) is 0 Å². The van der Waals surface area contributed by atoms with E-state index in [1.165, 1.54) is 33.1 Å². The maximum absolute atomic E-state index is 13.5. The number of carbonyl (C=O) groups excluding carboxylic acids is 1. The van der Waals surface area contributed by atoms with E-state index in [1.807, 2.05) is 13.8 Å². The van der Waals surface area contributed by atoms with Gasteiger partial charge in [0.05, 0.1) is 0 Å². The topological polar surface area (TPSA) is 67.8 Å². The number of fused-ring (bicyclic) bond motifs is 1. The monoisotopic (exact) mass is 385 g/mol. The van der Waals surface area contributed by atoms with Crippen LogP contribution in [0.5, 0.6) is 5.75 Å². The molecule has 1 aliphatic rings. The van der Waals surface area contributed by atoms with Crippen molar-refractivity contribution in [3.05, 3.63) is 65.0 Å². The summed E-state index contributed by atoms with van der Waals surface area (Å²) in [5.74, 6) is -1.45. The first kappa shape index (κ1) is 20.0. The van der Waals surface area contributed by atoms with Crippen LogP contribution >= 0.6 is 0 Å². The van der Waals surface area contributed by atoms with E-state index in [0.29, 0.717) is 22.6 Å². The molecule has 1 unspecified atom stereocenters. The van der Waals surface area contributed by atoms with E-state index in [1.54, 1.807) is 30.3 Å². The number of carbonyl (C=O) groups is 1. The summed E-state index contributed by atoms with van der Waals surface area (Å²) in [6.07, 6.45) is 0. The van der Waals surface area contributed by atoms with E-state index in [-0.39, 0.29) is 11.6 Å². The molecule has 6 heteroatoms. The molecule has 2 aromatic carbocycles. The lowest BCUT2D eigenvalue weighted by atomic mass is 9.81. The van der Waals surface area contributed by atoms with Crippen molar-refractivity contribution >= 4 is 17.0 Å². The second-order valence-electron chi connectivity index (χ2n) is 7.45. The van der Waals surface area contributed by atoms with Crippen molar-refractivity contribution in [2.75, 3.05) is 12.4 Å². The van der Waals surface area contributed by atoms with Gasteiger partial charge in [0.25, 0.3) is 0 Å². The van der Waals surface area contributed by atoms with Gasteiger partial charge < -0.3 is 19.9 Å². The van der Waals surface area contributed by atoms with E-state index < -0.39 is 11.5 Å². The molecule has 3 rings (SSSR count). The number of nitrogens with one attached hydrogen (secondary N) is 1. The normalized spacial score (nSPS) is 17.4. The number of aliphatic hydroxyl groups is 1. The molecule has 28 heavy (non-hydrogen) atoms. The number of benzene rings is 2. The van der Waals surface area contributed by atoms with Crippen LogP contribution < -0.4 is 10.1 Å². The number of halogens is 1. The van der Waals surface area contributed by atoms with Crippen molar-refractivity contribution in [1.29, 1.82) is 0 Å². The quantitative estimate of drug-likeness (QED) is 0.758. The number of Topliss-reactive ketones (excluding diaryl/α,β-unsaturated/α-hetero) is 1. The molecule has 0 amide bonds. The van der Waals surface area contributed by atoms with Gasteiger partial charge in [0, 0.05) is 42.5 Å². The number of ether oxygens (including phenoxy) is 2. The highest BCUT2D eigenvalue weighted by Gasteiger charge is 2.38. The average Bonchev–Trinajstić information content (AvgIpc) is 2.59. The van der Waals surface area contributed by atoms with Crippen LogP contribution in [0.1, 0.15) is 38.8 Å². The van der Waals surface area contributed by atoms with Gasteiger partial charge in [0.2, 0.25) is 5.91 Å². The molecular formula is C22H24FNO4. The Morgan fingerprint density at radius 2 is 1.86 bits per heavy atom. The lowest BCUT2D eigenvalue weighted by Crippen LogP contribution is -2.38. The van der Waals surface area contributed by atoms with E-state index >= 15 is 0 Å². The molecule has 5 nitrogen and oxygen atoms in total. The maximum atomic E-state index is 13.5. The van der Waals surface area contributed by atoms with Crippen LogP contribution in [0.15, 0.2) is 48.0 Å². The van der Waals surface area contributed by atoms with Crippen LogP contribution in [0.25, 0.3) is 5.57 Å². The van der Waals surface area contributed by atoms with Gasteiger partial charge in [0.15, 0.2) is 5.78 Å². The molecule has 1 atom stereocenters. The van der Waals surface area contributed by atoms with Crippen LogP contribution in [0.4, 0.5) is 10.1 Å². The number of hydrogen-bond acceptors (Lipinski definition) is 5. The summed E-state index contributed by atoms with van der Waals surface area (Å²) in [6, 6.07) is 11.4. The second-order valence-corrected chi connectivity index (χ2v) is 7.45. The van der Waals surface area contributed by atoms with Gasteiger partial charge in [0.1, 0.15) is 17.2 Å². The Morgan fingerprint density at radius 3 is 2.43 bits per heavy atom. The second kappa shape index (κ2) is 7.04. The molecule has 1 heterocycles. The number of rotatable bonds is 5. The lowest BCUT2D eigenvalue weighted by molar-refractivity contribution is -0.147. The minimum Gasteiger partial charge on any atom is -0.482 e. The van der Waals surface area contributed by atoms with Crippen LogP contribution in [0.2, 0.25) is 0 Å². The van der Waals surface area contributed by atoms with Crippen LogP contribution in [0.3, 0.4) is 0 Å². The predicted octanol–water partition coefficient (Wildman–Crippen LogP) is 4.11. The zero-order chi connectivity index (χ0) is 20.7. The molecule has 0 aromatic heterocycles. The molecule has 2 N–H and O–H groups in total. The molecule has 1 aliphatic heterocycles. The van der Waals surface area contributed by atoms with Crippen molar-refractivity contribution in [2.24, 2.45) is 0 Å². The fourth-order valence-corrected chi connectivity index (χ4v) is 3.49. The molecule has 148 valence electrons. The van der Waals surface area contributed by atoms with Gasteiger partial charge in [-0.3, -0.25) is 4.79 Å². The lowest BCUT2D eigenvalue weighted by Gasteiger charge is -2.36. The first-order valence-corrected chi connectivity index (χ1v) is 8.95. The van der Waals surface area contributed by atoms with Crippen LogP contribution in [-0.4, -0.2) is 29.5 Å². The Labute approximate surface area is 163 Å². The maximum Gasteiger partial charge on any atom is 0.243 e. The molecule has 0 aliphatic carbocycles. The van der Waals surface area contributed by atoms with Gasteiger partial charge >= 0.3 is 0 Å². The summed E-state index contributed by atoms with van der Waals surface area (Å²) >= 11 is 0. The summed E-state index contributed by atoms with van der Waals surface area (Å²) < 4.78 is 24.6. The Balaban J connectivity index is 2.20. The average molecular weight is 385 g/mol. The third-order valence-corrected chi connectivity index (χ3v) is 4.73. The summed E-state index contributed by atoms with van der Waals surface area (Å²) in [4.78, 5) is 12.5. The van der Waals surface area contributed by atoms with Gasteiger partial charge in [-0.1, -0.05) is 12.1 Å². The van der Waals surface area contributed by atoms with Gasteiger partial charge in [-0.25, -0.2) is 4.39 Å². The minimum atomic E-state index is -1.54. The Bertz CT molecular complexity index is 946. The smallest absolute Gasteiger partial charge is 0.243 e. The number of methoxy groups -OCH3 is 1. The van der Waals surface area contributed by atoms with Crippen molar-refractivity contribution in [3.8, 4) is 5.75 Å². The Hall–Kier alpha value is -2.70. The summed E-state index contributed by atoms with van der Waals surface area (Å²) in [5, 5.41) is 13.0. The molecule has 0 spiro atoms. The highest BCUT2D eigenvalue weighted by Crippen LogP contribution is 2.45. The van der Waals surface area contributed by atoms with Crippen molar-refractivity contribution < 1.29 is 23.8 Å². The molecule has 0 saturated carbocycles. The molecular weight excluding hydrogens is 361 g/mol. The molecule has 0 bridgehead atoms. The van der Waals surface area contributed by atoms with E-state index in [4.69, 9.17) is 9.47 Å². The first-order chi connectivity index (χ1) is 13.0. The number of anilines is 1. The van der Waals surface area contributed by atoms with Gasteiger partial charge in [-0.15, -0.1) is 0 Å². The molecule has 0 saturated heterocycles. The Kier molecular flexibility index (Phi) is 5.04. The van der Waals surface area contributed by atoms with E-state index in [2.05, 4.69) is 5.32 Å². The van der Waals surface area contributed by atoms with Crippen molar-refractivity contribution in [2.45, 2.75) is 39.2 Å².